The number of hydrogen-bond donors (Lipinski definition) is 1. The van der Waals surface area contributed by atoms with E-state index in [2.05, 4.69) is 37.0 Å². The fraction of sp³-hybridized carbons (Fsp3) is 0.375. The smallest absolute Gasteiger partial charge is 0.312 e. The molecule has 3 rings (SSSR count). The monoisotopic (exact) mass is 287 g/mol. The number of benzene rings is 1. The molecule has 1 N–H and O–H groups in total. The summed E-state index contributed by atoms with van der Waals surface area (Å²) in [5.41, 5.74) is 4.32. The summed E-state index contributed by atoms with van der Waals surface area (Å²) in [5.74, 6) is -1.17. The molecule has 0 saturated carbocycles. The van der Waals surface area contributed by atoms with Gasteiger partial charge in [-0.2, -0.15) is 0 Å². The van der Waals surface area contributed by atoms with Crippen molar-refractivity contribution < 1.29 is 9.90 Å². The number of carbonyl (C=O) groups is 1. The van der Waals surface area contributed by atoms with Gasteiger partial charge in [-0.15, -0.1) is 11.3 Å². The molecular weight excluding hydrogens is 270 g/mol. The molecule has 0 fully saturated rings. The molecule has 1 aliphatic rings. The molecular formula is C16H17NO2S. The zero-order valence-electron chi connectivity index (χ0n) is 11.6. The van der Waals surface area contributed by atoms with E-state index in [9.17, 15) is 9.90 Å². The Hall–Kier alpha value is -1.68. The van der Waals surface area contributed by atoms with E-state index in [0.717, 1.165) is 34.0 Å². The van der Waals surface area contributed by atoms with Crippen LogP contribution in [0.25, 0.3) is 10.6 Å². The van der Waals surface area contributed by atoms with Crippen LogP contribution >= 0.6 is 11.3 Å². The van der Waals surface area contributed by atoms with E-state index in [-0.39, 0.29) is 0 Å². The quantitative estimate of drug-likeness (QED) is 0.910. The van der Waals surface area contributed by atoms with Crippen molar-refractivity contribution in [3.63, 3.8) is 0 Å². The van der Waals surface area contributed by atoms with Gasteiger partial charge in [-0.3, -0.25) is 4.79 Å². The second-order valence-corrected chi connectivity index (χ2v) is 6.57. The van der Waals surface area contributed by atoms with Crippen LogP contribution in [0.2, 0.25) is 0 Å². The molecule has 0 saturated heterocycles. The number of fused-ring (bicyclic) bond motifs is 1. The molecule has 0 amide bonds. The van der Waals surface area contributed by atoms with Crippen molar-refractivity contribution in [3.05, 3.63) is 39.9 Å². The van der Waals surface area contributed by atoms with Crippen LogP contribution in [0.5, 0.6) is 0 Å². The average molecular weight is 287 g/mol. The maximum absolute atomic E-state index is 11.3. The van der Waals surface area contributed by atoms with E-state index in [4.69, 9.17) is 0 Å². The Morgan fingerprint density at radius 3 is 2.65 bits per heavy atom. The fourth-order valence-electron chi connectivity index (χ4n) is 2.88. The first-order valence-corrected chi connectivity index (χ1v) is 7.67. The van der Waals surface area contributed by atoms with E-state index >= 15 is 0 Å². The second kappa shape index (κ2) is 5.02. The van der Waals surface area contributed by atoms with E-state index in [0.29, 0.717) is 6.42 Å². The van der Waals surface area contributed by atoms with Gasteiger partial charge in [0, 0.05) is 10.4 Å². The highest BCUT2D eigenvalue weighted by atomic mass is 32.1. The second-order valence-electron chi connectivity index (χ2n) is 5.49. The molecule has 0 aliphatic heterocycles. The summed E-state index contributed by atoms with van der Waals surface area (Å²) in [5, 5.41) is 10.3. The number of aliphatic carboxylic acids is 1. The summed E-state index contributed by atoms with van der Waals surface area (Å²) >= 11 is 1.65. The fourth-order valence-corrected chi connectivity index (χ4v) is 4.03. The van der Waals surface area contributed by atoms with Gasteiger partial charge in [0.2, 0.25) is 0 Å². The van der Waals surface area contributed by atoms with Gasteiger partial charge in [-0.05, 0) is 45.2 Å². The summed E-state index contributed by atoms with van der Waals surface area (Å²) in [6.45, 7) is 4.15. The number of nitrogens with zero attached hydrogens (tertiary/aromatic N) is 1. The number of aromatic nitrogens is 1. The standard InChI is InChI=1S/C16H17NO2S/c1-9-6-10(2)8-11(7-9)15-17-14-12(16(18)19)4-3-5-13(14)20-15/h6-8,12H,3-5H2,1-2H3,(H,18,19). The first-order valence-electron chi connectivity index (χ1n) is 6.85. The number of aryl methyl sites for hydroxylation is 3. The normalized spacial score (nSPS) is 17.8. The van der Waals surface area contributed by atoms with Crippen LogP contribution in [0.15, 0.2) is 18.2 Å². The third kappa shape index (κ3) is 2.36. The predicted molar refractivity (Wildman–Crippen MR) is 80.3 cm³/mol. The minimum absolute atomic E-state index is 0.422. The molecule has 0 spiro atoms. The van der Waals surface area contributed by atoms with Gasteiger partial charge >= 0.3 is 5.97 Å². The molecule has 3 nitrogen and oxygen atoms in total. The molecule has 1 aromatic carbocycles. The lowest BCUT2D eigenvalue weighted by Crippen LogP contribution is -2.17. The summed E-state index contributed by atoms with van der Waals surface area (Å²) in [6.07, 6.45) is 2.61. The Morgan fingerprint density at radius 2 is 2.00 bits per heavy atom. The molecule has 1 aromatic heterocycles. The minimum atomic E-state index is -0.747. The first kappa shape index (κ1) is 13.3. The van der Waals surface area contributed by atoms with Crippen LogP contribution in [0.1, 0.15) is 40.5 Å². The number of thiazole rings is 1. The molecule has 104 valence electrons. The molecule has 20 heavy (non-hydrogen) atoms. The van der Waals surface area contributed by atoms with Crippen molar-refractivity contribution in [3.8, 4) is 10.6 Å². The van der Waals surface area contributed by atoms with Crippen LogP contribution in [-0.4, -0.2) is 16.1 Å². The lowest BCUT2D eigenvalue weighted by Gasteiger charge is -2.16. The van der Waals surface area contributed by atoms with Crippen molar-refractivity contribution >= 4 is 17.3 Å². The number of carboxylic acids is 1. The molecule has 1 atom stereocenters. The predicted octanol–water partition coefficient (Wildman–Crippen LogP) is 3.93. The maximum atomic E-state index is 11.3. The zero-order chi connectivity index (χ0) is 14.3. The zero-order valence-corrected chi connectivity index (χ0v) is 12.5. The van der Waals surface area contributed by atoms with Crippen molar-refractivity contribution in [2.24, 2.45) is 0 Å². The molecule has 1 unspecified atom stereocenters. The lowest BCUT2D eigenvalue weighted by molar-refractivity contribution is -0.139. The number of hydrogen-bond acceptors (Lipinski definition) is 3. The van der Waals surface area contributed by atoms with Gasteiger partial charge in [0.25, 0.3) is 0 Å². The maximum Gasteiger partial charge on any atom is 0.312 e. The van der Waals surface area contributed by atoms with Gasteiger partial charge in [-0.1, -0.05) is 17.2 Å². The molecule has 4 heteroatoms. The Kier molecular flexibility index (Phi) is 3.34. The van der Waals surface area contributed by atoms with E-state index < -0.39 is 11.9 Å². The number of carboxylic acid groups (broad SMARTS) is 1. The summed E-state index contributed by atoms with van der Waals surface area (Å²) in [7, 11) is 0. The topological polar surface area (TPSA) is 50.2 Å². The Balaban J connectivity index is 2.06. The van der Waals surface area contributed by atoms with E-state index in [1.54, 1.807) is 11.3 Å². The first-order chi connectivity index (χ1) is 9.54. The number of rotatable bonds is 2. The van der Waals surface area contributed by atoms with Crippen molar-refractivity contribution in [2.45, 2.75) is 39.0 Å². The summed E-state index contributed by atoms with van der Waals surface area (Å²) < 4.78 is 0. The van der Waals surface area contributed by atoms with E-state index in [1.807, 2.05) is 0 Å². The van der Waals surface area contributed by atoms with Crippen molar-refractivity contribution in [2.75, 3.05) is 0 Å². The van der Waals surface area contributed by atoms with Gasteiger partial charge in [0.05, 0.1) is 11.6 Å². The van der Waals surface area contributed by atoms with Crippen molar-refractivity contribution in [1.82, 2.24) is 4.98 Å². The third-order valence-corrected chi connectivity index (χ3v) is 4.90. The third-order valence-electron chi connectivity index (χ3n) is 3.72. The Morgan fingerprint density at radius 1 is 1.30 bits per heavy atom. The van der Waals surface area contributed by atoms with Crippen LogP contribution < -0.4 is 0 Å². The van der Waals surface area contributed by atoms with Gasteiger partial charge in [0.1, 0.15) is 5.01 Å². The van der Waals surface area contributed by atoms with Crippen LogP contribution in [-0.2, 0) is 11.2 Å². The highest BCUT2D eigenvalue weighted by Crippen LogP contribution is 2.38. The van der Waals surface area contributed by atoms with Crippen molar-refractivity contribution in [1.29, 1.82) is 0 Å². The molecule has 1 aliphatic carbocycles. The SMILES string of the molecule is Cc1cc(C)cc(-c2nc3c(s2)CCCC3C(=O)O)c1. The van der Waals surface area contributed by atoms with Gasteiger partial charge < -0.3 is 5.11 Å². The molecule has 0 bridgehead atoms. The summed E-state index contributed by atoms with van der Waals surface area (Å²) in [6, 6.07) is 6.37. The lowest BCUT2D eigenvalue weighted by atomic mass is 9.91. The van der Waals surface area contributed by atoms with Crippen LogP contribution in [0.4, 0.5) is 0 Å². The average Bonchev–Trinajstić information content (AvgIpc) is 2.80. The summed E-state index contributed by atoms with van der Waals surface area (Å²) in [4.78, 5) is 17.1. The molecule has 0 radical (unpaired) electrons. The van der Waals surface area contributed by atoms with E-state index in [1.165, 1.54) is 11.1 Å². The minimum Gasteiger partial charge on any atom is -0.481 e. The van der Waals surface area contributed by atoms with Gasteiger partial charge in [-0.25, -0.2) is 4.98 Å². The molecule has 2 aromatic rings. The highest BCUT2D eigenvalue weighted by molar-refractivity contribution is 7.15. The largest absolute Gasteiger partial charge is 0.481 e. The van der Waals surface area contributed by atoms with Crippen LogP contribution in [0.3, 0.4) is 0 Å². The van der Waals surface area contributed by atoms with Crippen LogP contribution in [0, 0.1) is 13.8 Å². The van der Waals surface area contributed by atoms with Gasteiger partial charge in [0.15, 0.2) is 0 Å². The molecule has 1 heterocycles. The Bertz CT molecular complexity index is 655. The Labute approximate surface area is 122 Å². The highest BCUT2D eigenvalue weighted by Gasteiger charge is 2.30.